The van der Waals surface area contributed by atoms with Crippen LogP contribution in [0.25, 0.3) is 0 Å². The molecule has 34 heavy (non-hydrogen) atoms. The number of aliphatic hydroxyl groups excluding tert-OH is 1. The van der Waals surface area contributed by atoms with Crippen LogP contribution in [0, 0.1) is 12.8 Å². The molecule has 2 bridgehead atoms. The quantitative estimate of drug-likeness (QED) is 0.643. The van der Waals surface area contributed by atoms with Crippen LogP contribution >= 0.6 is 0 Å². The highest BCUT2D eigenvalue weighted by atomic mass is 16.3. The van der Waals surface area contributed by atoms with E-state index in [1.54, 1.807) is 0 Å². The van der Waals surface area contributed by atoms with Gasteiger partial charge in [0.05, 0.1) is 6.61 Å². The van der Waals surface area contributed by atoms with Crippen LogP contribution in [0.4, 0.5) is 0 Å². The number of rotatable bonds is 4. The van der Waals surface area contributed by atoms with Gasteiger partial charge in [0.25, 0.3) is 5.91 Å². The van der Waals surface area contributed by atoms with Gasteiger partial charge in [-0.1, -0.05) is 12.1 Å². The number of aromatic hydroxyl groups is 1. The average Bonchev–Trinajstić information content (AvgIpc) is 3.09. The van der Waals surface area contributed by atoms with Crippen molar-refractivity contribution in [3.05, 3.63) is 51.3 Å². The number of nitrogens with one attached hydrogen (secondary N) is 1. The Balaban J connectivity index is 1.64. The summed E-state index contributed by atoms with van der Waals surface area (Å²) in [6, 6.07) is 4.64. The lowest BCUT2D eigenvalue weighted by Crippen LogP contribution is -2.61. The standard InChI is InChI=1S/C28H39N3O3/c1-15(2)31(16(3)4)27(34)25-17(5)20-12-21-23-11-18-7-8-19(14-32)26(33)24(18)28(21,9-10-30(23)6)13-22(20)29-25/h7-8,15-16,21,23,29,32-33H,9-14H2,1-6H3/t21-,23+,28-/m0/s1. The number of carbonyl (C=O) groups is 1. The van der Waals surface area contributed by atoms with E-state index in [4.69, 9.17) is 0 Å². The molecule has 0 spiro atoms. The zero-order valence-corrected chi connectivity index (χ0v) is 21.4. The summed E-state index contributed by atoms with van der Waals surface area (Å²) in [6.07, 6.45) is 3.58. The van der Waals surface area contributed by atoms with Gasteiger partial charge < -0.3 is 25.0 Å². The van der Waals surface area contributed by atoms with E-state index >= 15 is 0 Å². The number of hydrogen-bond acceptors (Lipinski definition) is 4. The second kappa shape index (κ2) is 8.13. The summed E-state index contributed by atoms with van der Waals surface area (Å²) in [7, 11) is 2.22. The summed E-state index contributed by atoms with van der Waals surface area (Å²) in [5, 5.41) is 21.2. The Labute approximate surface area is 203 Å². The van der Waals surface area contributed by atoms with Gasteiger partial charge in [-0.05, 0) is 96.5 Å². The van der Waals surface area contributed by atoms with Gasteiger partial charge in [-0.2, -0.15) is 0 Å². The lowest BCUT2D eigenvalue weighted by atomic mass is 9.52. The number of amides is 1. The number of benzene rings is 1. The number of carbonyl (C=O) groups excluding carboxylic acids is 1. The number of aromatic amines is 1. The molecule has 5 rings (SSSR count). The maximum absolute atomic E-state index is 13.6. The molecule has 6 heteroatoms. The first kappa shape index (κ1) is 23.4. The molecule has 0 radical (unpaired) electrons. The minimum Gasteiger partial charge on any atom is -0.507 e. The molecule has 1 aromatic carbocycles. The minimum atomic E-state index is -0.180. The van der Waals surface area contributed by atoms with E-state index in [9.17, 15) is 15.0 Å². The number of aromatic nitrogens is 1. The Bertz CT molecular complexity index is 1130. The van der Waals surface area contributed by atoms with Crippen molar-refractivity contribution < 1.29 is 15.0 Å². The van der Waals surface area contributed by atoms with E-state index in [2.05, 4.69) is 57.6 Å². The first-order chi connectivity index (χ1) is 16.1. The van der Waals surface area contributed by atoms with Crippen LogP contribution in [-0.2, 0) is 31.3 Å². The van der Waals surface area contributed by atoms with Crippen molar-refractivity contribution in [2.24, 2.45) is 5.92 Å². The Morgan fingerprint density at radius 3 is 2.59 bits per heavy atom. The zero-order valence-electron chi connectivity index (χ0n) is 21.4. The Morgan fingerprint density at radius 1 is 1.24 bits per heavy atom. The van der Waals surface area contributed by atoms with Crippen molar-refractivity contribution in [3.8, 4) is 5.75 Å². The second-order valence-corrected chi connectivity index (χ2v) is 11.4. The molecule has 1 amide bonds. The van der Waals surface area contributed by atoms with Crippen LogP contribution in [0.1, 0.15) is 78.1 Å². The number of likely N-dealkylation sites (tertiary alicyclic amines) is 1. The smallest absolute Gasteiger partial charge is 0.271 e. The molecule has 1 fully saturated rings. The summed E-state index contributed by atoms with van der Waals surface area (Å²) in [5.74, 6) is 0.722. The van der Waals surface area contributed by atoms with Gasteiger partial charge in [0.2, 0.25) is 0 Å². The molecular weight excluding hydrogens is 426 g/mol. The van der Waals surface area contributed by atoms with Crippen molar-refractivity contribution in [1.82, 2.24) is 14.8 Å². The highest BCUT2D eigenvalue weighted by Crippen LogP contribution is 2.57. The maximum Gasteiger partial charge on any atom is 0.271 e. The molecular formula is C28H39N3O3. The molecule has 2 aliphatic carbocycles. The number of fused-ring (bicyclic) bond motifs is 2. The molecule has 6 nitrogen and oxygen atoms in total. The van der Waals surface area contributed by atoms with E-state index in [1.807, 2.05) is 11.0 Å². The normalized spacial score (nSPS) is 25.8. The molecule has 0 unspecified atom stereocenters. The van der Waals surface area contributed by atoms with Gasteiger partial charge in [0.1, 0.15) is 11.4 Å². The number of H-pyrrole nitrogens is 1. The molecule has 2 aromatic rings. The van der Waals surface area contributed by atoms with Crippen LogP contribution < -0.4 is 0 Å². The average molecular weight is 466 g/mol. The summed E-state index contributed by atoms with van der Waals surface area (Å²) < 4.78 is 0. The second-order valence-electron chi connectivity index (χ2n) is 11.4. The Hall–Kier alpha value is -2.31. The molecule has 2 heterocycles. The number of aliphatic hydroxyl groups is 1. The van der Waals surface area contributed by atoms with Crippen LogP contribution in [0.3, 0.4) is 0 Å². The lowest BCUT2D eigenvalue weighted by Gasteiger charge is -2.58. The topological polar surface area (TPSA) is 79.8 Å². The SMILES string of the molecule is Cc1c(C(=O)N(C(C)C)C(C)C)[nH]c2c1C[C@H]1[C@H]3Cc4ccc(CO)c(O)c4[C@@]1(CCN3C)C2. The van der Waals surface area contributed by atoms with Crippen molar-refractivity contribution in [2.75, 3.05) is 13.6 Å². The van der Waals surface area contributed by atoms with Gasteiger partial charge in [-0.25, -0.2) is 0 Å². The first-order valence-corrected chi connectivity index (χ1v) is 12.8. The zero-order chi connectivity index (χ0) is 24.5. The van der Waals surface area contributed by atoms with Gasteiger partial charge in [-0.3, -0.25) is 4.79 Å². The van der Waals surface area contributed by atoms with E-state index in [-0.39, 0.29) is 35.8 Å². The van der Waals surface area contributed by atoms with Gasteiger partial charge in [0.15, 0.2) is 0 Å². The van der Waals surface area contributed by atoms with Crippen LogP contribution in [0.5, 0.6) is 5.75 Å². The van der Waals surface area contributed by atoms with Gasteiger partial charge in [-0.15, -0.1) is 0 Å². The highest BCUT2D eigenvalue weighted by Gasteiger charge is 2.56. The predicted octanol–water partition coefficient (Wildman–Crippen LogP) is 3.69. The summed E-state index contributed by atoms with van der Waals surface area (Å²) in [5.41, 5.74) is 6.92. The number of phenols is 1. The van der Waals surface area contributed by atoms with Gasteiger partial charge in [0, 0.05) is 40.4 Å². The molecule has 3 N–H and O–H groups in total. The third kappa shape index (κ3) is 3.18. The van der Waals surface area contributed by atoms with Crippen LogP contribution in [0.2, 0.25) is 0 Å². The minimum absolute atomic E-state index is 0.0725. The first-order valence-electron chi connectivity index (χ1n) is 12.8. The van der Waals surface area contributed by atoms with Crippen molar-refractivity contribution in [3.63, 3.8) is 0 Å². The van der Waals surface area contributed by atoms with E-state index in [1.165, 1.54) is 11.1 Å². The molecule has 3 aliphatic rings. The van der Waals surface area contributed by atoms with E-state index in [0.29, 0.717) is 17.5 Å². The number of piperidine rings is 1. The summed E-state index contributed by atoms with van der Waals surface area (Å²) in [4.78, 5) is 21.6. The lowest BCUT2D eigenvalue weighted by molar-refractivity contribution is 0.0222. The largest absolute Gasteiger partial charge is 0.507 e. The molecule has 3 atom stereocenters. The molecule has 1 aliphatic heterocycles. The fourth-order valence-electron chi connectivity index (χ4n) is 7.47. The third-order valence-electron chi connectivity index (χ3n) is 9.04. The molecule has 0 saturated carbocycles. The highest BCUT2D eigenvalue weighted by molar-refractivity contribution is 5.95. The summed E-state index contributed by atoms with van der Waals surface area (Å²) >= 11 is 0. The number of nitrogens with zero attached hydrogens (tertiary/aromatic N) is 2. The monoisotopic (exact) mass is 465 g/mol. The maximum atomic E-state index is 13.6. The predicted molar refractivity (Wildman–Crippen MR) is 133 cm³/mol. The number of likely N-dealkylation sites (N-methyl/N-ethyl adjacent to an activating group) is 1. The van der Waals surface area contributed by atoms with Crippen LogP contribution in [0.15, 0.2) is 12.1 Å². The van der Waals surface area contributed by atoms with Crippen molar-refractivity contribution in [1.29, 1.82) is 0 Å². The van der Waals surface area contributed by atoms with E-state index < -0.39 is 0 Å². The summed E-state index contributed by atoms with van der Waals surface area (Å²) in [6.45, 7) is 11.2. The Kier molecular flexibility index (Phi) is 5.60. The van der Waals surface area contributed by atoms with Crippen LogP contribution in [-0.4, -0.2) is 62.6 Å². The Morgan fingerprint density at radius 2 is 1.94 bits per heavy atom. The van der Waals surface area contributed by atoms with E-state index in [0.717, 1.165) is 54.7 Å². The van der Waals surface area contributed by atoms with Gasteiger partial charge >= 0.3 is 0 Å². The van der Waals surface area contributed by atoms with Crippen molar-refractivity contribution in [2.45, 2.75) is 90.4 Å². The number of hydrogen-bond donors (Lipinski definition) is 3. The molecule has 1 aromatic heterocycles. The third-order valence-corrected chi connectivity index (χ3v) is 9.04. The molecule has 1 saturated heterocycles. The fraction of sp³-hybridized carbons (Fsp3) is 0.607. The van der Waals surface area contributed by atoms with Crippen molar-refractivity contribution >= 4 is 5.91 Å². The fourth-order valence-corrected chi connectivity index (χ4v) is 7.47. The molecule has 184 valence electrons.